The van der Waals surface area contributed by atoms with Crippen molar-refractivity contribution in [1.29, 1.82) is 0 Å². The number of benzene rings is 1. The average molecular weight is 427 g/mol. The van der Waals surface area contributed by atoms with Crippen molar-refractivity contribution in [2.45, 2.75) is 37.6 Å². The molecular formula is C23H26N2O2S2. The highest BCUT2D eigenvalue weighted by molar-refractivity contribution is 7.98. The number of anilines is 1. The molecule has 0 spiro atoms. The topological polar surface area (TPSA) is 45.5 Å². The molecule has 2 aromatic heterocycles. The summed E-state index contributed by atoms with van der Waals surface area (Å²) >= 11 is 3.41. The monoisotopic (exact) mass is 426 g/mol. The molecule has 1 aliphatic rings. The number of nitrogens with one attached hydrogen (secondary N) is 1. The first-order valence-corrected chi connectivity index (χ1v) is 12.0. The number of rotatable bonds is 6. The molecule has 1 aliphatic heterocycles. The molecule has 1 fully saturated rings. The maximum absolute atomic E-state index is 12.7. The summed E-state index contributed by atoms with van der Waals surface area (Å²) in [5, 5.41) is 4.05. The van der Waals surface area contributed by atoms with Gasteiger partial charge in [-0.2, -0.15) is 0 Å². The SMILES string of the molecule is CSc1ccc(C(c2c(NC(=O)c3ccco3)sc(C)c2C)N2CCCC2)cc1. The maximum Gasteiger partial charge on any atom is 0.291 e. The molecule has 0 radical (unpaired) electrons. The first-order valence-electron chi connectivity index (χ1n) is 9.91. The van der Waals surface area contributed by atoms with Crippen molar-refractivity contribution in [3.8, 4) is 0 Å². The fourth-order valence-corrected chi connectivity index (χ4v) is 5.48. The molecule has 3 aromatic rings. The van der Waals surface area contributed by atoms with E-state index >= 15 is 0 Å². The molecule has 1 unspecified atom stereocenters. The lowest BCUT2D eigenvalue weighted by molar-refractivity contribution is 0.0997. The van der Waals surface area contributed by atoms with Gasteiger partial charge in [-0.15, -0.1) is 23.1 Å². The molecule has 1 aromatic carbocycles. The molecule has 0 bridgehead atoms. The highest BCUT2D eigenvalue weighted by Gasteiger charge is 2.31. The Morgan fingerprint density at radius 3 is 2.52 bits per heavy atom. The number of hydrogen-bond acceptors (Lipinski definition) is 5. The lowest BCUT2D eigenvalue weighted by atomic mass is 9.95. The number of thioether (sulfide) groups is 1. The van der Waals surface area contributed by atoms with Gasteiger partial charge < -0.3 is 9.73 Å². The van der Waals surface area contributed by atoms with Gasteiger partial charge in [-0.3, -0.25) is 9.69 Å². The van der Waals surface area contributed by atoms with E-state index in [1.165, 1.54) is 45.6 Å². The quantitative estimate of drug-likeness (QED) is 0.483. The standard InChI is InChI=1S/C23H26N2O2S2/c1-15-16(2)29-23(24-22(26)19-7-6-14-27-19)20(15)21(25-12-4-5-13-25)17-8-10-18(28-3)11-9-17/h6-11,14,21H,4-5,12-13H2,1-3H3,(H,24,26). The van der Waals surface area contributed by atoms with Crippen molar-refractivity contribution in [3.63, 3.8) is 0 Å². The van der Waals surface area contributed by atoms with E-state index in [1.807, 2.05) is 0 Å². The minimum Gasteiger partial charge on any atom is -0.459 e. The molecule has 152 valence electrons. The van der Waals surface area contributed by atoms with Crippen LogP contribution in [0.25, 0.3) is 0 Å². The molecule has 29 heavy (non-hydrogen) atoms. The van der Waals surface area contributed by atoms with E-state index in [4.69, 9.17) is 4.42 Å². The molecule has 0 aliphatic carbocycles. The Morgan fingerprint density at radius 1 is 1.17 bits per heavy atom. The van der Waals surface area contributed by atoms with Crippen molar-refractivity contribution in [2.24, 2.45) is 0 Å². The van der Waals surface area contributed by atoms with Gasteiger partial charge in [0, 0.05) is 15.3 Å². The molecule has 4 nitrogen and oxygen atoms in total. The van der Waals surface area contributed by atoms with Crippen LogP contribution in [0.15, 0.2) is 52.0 Å². The Labute approximate surface area is 180 Å². The second kappa shape index (κ2) is 8.78. The summed E-state index contributed by atoms with van der Waals surface area (Å²) in [5.74, 6) is 0.136. The number of nitrogens with zero attached hydrogens (tertiary/aromatic N) is 1. The zero-order valence-corrected chi connectivity index (χ0v) is 18.7. The number of thiophene rings is 1. The first kappa shape index (κ1) is 20.3. The zero-order chi connectivity index (χ0) is 20.4. The third kappa shape index (κ3) is 4.15. The van der Waals surface area contributed by atoms with E-state index < -0.39 is 0 Å². The molecule has 1 N–H and O–H groups in total. The van der Waals surface area contributed by atoms with Crippen LogP contribution < -0.4 is 5.32 Å². The number of hydrogen-bond donors (Lipinski definition) is 1. The number of furan rings is 1. The van der Waals surface area contributed by atoms with Gasteiger partial charge >= 0.3 is 0 Å². The number of carbonyl (C=O) groups is 1. The van der Waals surface area contributed by atoms with Crippen molar-refractivity contribution < 1.29 is 9.21 Å². The number of carbonyl (C=O) groups excluding carboxylic acids is 1. The van der Waals surface area contributed by atoms with Crippen LogP contribution in [-0.2, 0) is 0 Å². The highest BCUT2D eigenvalue weighted by atomic mass is 32.2. The zero-order valence-electron chi connectivity index (χ0n) is 17.0. The third-order valence-corrected chi connectivity index (χ3v) is 7.50. The van der Waals surface area contributed by atoms with Gasteiger partial charge in [0.15, 0.2) is 5.76 Å². The molecule has 6 heteroatoms. The normalized spacial score (nSPS) is 15.6. The molecule has 0 saturated carbocycles. The lowest BCUT2D eigenvalue weighted by Crippen LogP contribution is -2.27. The van der Waals surface area contributed by atoms with E-state index in [-0.39, 0.29) is 11.9 Å². The smallest absolute Gasteiger partial charge is 0.291 e. The summed E-state index contributed by atoms with van der Waals surface area (Å²) in [7, 11) is 0. The number of aryl methyl sites for hydroxylation is 1. The Hall–Kier alpha value is -2.02. The Bertz CT molecular complexity index is 971. The summed E-state index contributed by atoms with van der Waals surface area (Å²) in [6.45, 7) is 6.46. The fourth-order valence-electron chi connectivity index (χ4n) is 3.99. The van der Waals surface area contributed by atoms with Gasteiger partial charge in [0.05, 0.1) is 12.3 Å². The van der Waals surface area contributed by atoms with Crippen LogP contribution >= 0.6 is 23.1 Å². The van der Waals surface area contributed by atoms with Gasteiger partial charge in [-0.25, -0.2) is 0 Å². The molecule has 1 atom stereocenters. The van der Waals surface area contributed by atoms with Crippen molar-refractivity contribution in [1.82, 2.24) is 4.90 Å². The van der Waals surface area contributed by atoms with Gasteiger partial charge in [0.1, 0.15) is 5.00 Å². The van der Waals surface area contributed by atoms with Crippen LogP contribution in [0.3, 0.4) is 0 Å². The largest absolute Gasteiger partial charge is 0.459 e. The van der Waals surface area contributed by atoms with Crippen LogP contribution in [0.1, 0.15) is 51.0 Å². The van der Waals surface area contributed by atoms with Crippen LogP contribution in [-0.4, -0.2) is 30.2 Å². The van der Waals surface area contributed by atoms with Crippen molar-refractivity contribution >= 4 is 34.0 Å². The third-order valence-electron chi connectivity index (χ3n) is 5.61. The summed E-state index contributed by atoms with van der Waals surface area (Å²) in [5.41, 5.74) is 3.75. The lowest BCUT2D eigenvalue weighted by Gasteiger charge is -2.29. The second-order valence-electron chi connectivity index (χ2n) is 7.38. The van der Waals surface area contributed by atoms with Gasteiger partial charge in [-0.1, -0.05) is 12.1 Å². The predicted molar refractivity (Wildman–Crippen MR) is 121 cm³/mol. The first-order chi connectivity index (χ1) is 14.1. The summed E-state index contributed by atoms with van der Waals surface area (Å²) in [6, 6.07) is 12.4. The Kier molecular flexibility index (Phi) is 6.13. The van der Waals surface area contributed by atoms with Crippen molar-refractivity contribution in [2.75, 3.05) is 24.7 Å². The van der Waals surface area contributed by atoms with Gasteiger partial charge in [-0.05, 0) is 81.4 Å². The Balaban J connectivity index is 1.76. The number of likely N-dealkylation sites (tertiary alicyclic amines) is 1. The summed E-state index contributed by atoms with van der Waals surface area (Å²) < 4.78 is 5.29. The minimum absolute atomic E-state index is 0.144. The average Bonchev–Trinajstić information content (AvgIpc) is 3.49. The van der Waals surface area contributed by atoms with Crippen LogP contribution in [0.4, 0.5) is 5.00 Å². The minimum atomic E-state index is -0.199. The molecule has 1 saturated heterocycles. The van der Waals surface area contributed by atoms with Crippen molar-refractivity contribution in [3.05, 3.63) is 70.0 Å². The summed E-state index contributed by atoms with van der Waals surface area (Å²) in [6.07, 6.45) is 6.06. The van der Waals surface area contributed by atoms with Crippen LogP contribution in [0, 0.1) is 13.8 Å². The van der Waals surface area contributed by atoms with E-state index in [9.17, 15) is 4.79 Å². The molecule has 3 heterocycles. The second-order valence-corrected chi connectivity index (χ2v) is 9.48. The number of amides is 1. The predicted octanol–water partition coefficient (Wildman–Crippen LogP) is 6.12. The highest BCUT2D eigenvalue weighted by Crippen LogP contribution is 2.43. The van der Waals surface area contributed by atoms with E-state index in [2.05, 4.69) is 54.6 Å². The van der Waals surface area contributed by atoms with E-state index in [1.54, 1.807) is 35.2 Å². The Morgan fingerprint density at radius 2 is 1.90 bits per heavy atom. The fraction of sp³-hybridized carbons (Fsp3) is 0.348. The maximum atomic E-state index is 12.7. The van der Waals surface area contributed by atoms with E-state index in [0.717, 1.165) is 18.1 Å². The summed E-state index contributed by atoms with van der Waals surface area (Å²) in [4.78, 5) is 17.7. The molecule has 4 rings (SSSR count). The van der Waals surface area contributed by atoms with E-state index in [0.29, 0.717) is 5.76 Å². The van der Waals surface area contributed by atoms with Crippen LogP contribution in [0.5, 0.6) is 0 Å². The molecular weight excluding hydrogens is 400 g/mol. The molecule has 1 amide bonds. The van der Waals surface area contributed by atoms with Gasteiger partial charge in [0.2, 0.25) is 0 Å². The van der Waals surface area contributed by atoms with Crippen LogP contribution in [0.2, 0.25) is 0 Å². The van der Waals surface area contributed by atoms with Gasteiger partial charge in [0.25, 0.3) is 5.91 Å².